The summed E-state index contributed by atoms with van der Waals surface area (Å²) in [6, 6.07) is 7.05. The van der Waals surface area contributed by atoms with Crippen LogP contribution in [0.5, 0.6) is 5.75 Å². The number of carbonyl (C=O) groups excluding carboxylic acids is 2. The van der Waals surface area contributed by atoms with Crippen LogP contribution >= 0.6 is 0 Å². The summed E-state index contributed by atoms with van der Waals surface area (Å²) in [6.45, 7) is 5.27. The van der Waals surface area contributed by atoms with Crippen molar-refractivity contribution in [1.29, 1.82) is 0 Å². The van der Waals surface area contributed by atoms with Crippen LogP contribution in [-0.4, -0.2) is 43.8 Å². The molecule has 1 atom stereocenters. The maximum atomic E-state index is 12.0. The molecular weight excluding hydrogens is 312 g/mol. The third-order valence-electron chi connectivity index (χ3n) is 3.24. The van der Waals surface area contributed by atoms with Crippen molar-refractivity contribution in [1.82, 2.24) is 0 Å². The normalized spacial score (nSPS) is 11.6. The van der Waals surface area contributed by atoms with Gasteiger partial charge in [-0.3, -0.25) is 9.59 Å². The number of esters is 1. The molecule has 6 nitrogen and oxygen atoms in total. The third kappa shape index (κ3) is 6.93. The Morgan fingerprint density at radius 2 is 2.08 bits per heavy atom. The first kappa shape index (κ1) is 19.9. The van der Waals surface area contributed by atoms with Crippen LogP contribution in [0.25, 0.3) is 0 Å². The Balaban J connectivity index is 2.79. The third-order valence-corrected chi connectivity index (χ3v) is 3.24. The summed E-state index contributed by atoms with van der Waals surface area (Å²) >= 11 is 0. The van der Waals surface area contributed by atoms with E-state index in [9.17, 15) is 9.59 Å². The van der Waals surface area contributed by atoms with Crippen LogP contribution in [0.4, 0.5) is 0 Å². The highest BCUT2D eigenvalue weighted by Gasteiger charge is 2.18. The lowest BCUT2D eigenvalue weighted by molar-refractivity contribution is -0.147. The number of rotatable bonds is 11. The minimum atomic E-state index is -0.556. The molecule has 0 aliphatic carbocycles. The zero-order valence-electron chi connectivity index (χ0n) is 14.1. The number of aliphatic hydroxyl groups is 1. The van der Waals surface area contributed by atoms with Gasteiger partial charge in [0.2, 0.25) is 0 Å². The Morgan fingerprint density at radius 1 is 1.33 bits per heavy atom. The lowest BCUT2D eigenvalue weighted by Crippen LogP contribution is -2.13. The number of ether oxygens (including phenoxy) is 3. The van der Waals surface area contributed by atoms with Gasteiger partial charge in [-0.25, -0.2) is 0 Å². The smallest absolute Gasteiger partial charge is 0.303 e. The average Bonchev–Trinajstić information content (AvgIpc) is 2.56. The number of benzene rings is 1. The van der Waals surface area contributed by atoms with Crippen molar-refractivity contribution >= 4 is 11.8 Å². The van der Waals surface area contributed by atoms with Crippen molar-refractivity contribution in [2.75, 3.05) is 26.9 Å². The zero-order valence-corrected chi connectivity index (χ0v) is 14.1. The number of carbonyl (C=O) groups is 2. The van der Waals surface area contributed by atoms with Gasteiger partial charge in [-0.2, -0.15) is 0 Å². The molecule has 0 aromatic heterocycles. The number of ketones is 1. The van der Waals surface area contributed by atoms with E-state index in [0.717, 1.165) is 5.56 Å². The van der Waals surface area contributed by atoms with E-state index in [4.69, 9.17) is 19.3 Å². The number of aliphatic hydroxyl groups excluding tert-OH is 1. The Bertz CT molecular complexity index is 566. The SMILES string of the molecule is C=C(COC)C(=O)CC[C@@H](OC(C)=O)c1cccc(OCCO)c1. The van der Waals surface area contributed by atoms with Gasteiger partial charge < -0.3 is 19.3 Å². The molecule has 0 heterocycles. The fourth-order valence-electron chi connectivity index (χ4n) is 2.16. The van der Waals surface area contributed by atoms with Crippen molar-refractivity contribution in [3.05, 3.63) is 42.0 Å². The fraction of sp³-hybridized carbons (Fsp3) is 0.444. The quantitative estimate of drug-likeness (QED) is 0.493. The van der Waals surface area contributed by atoms with E-state index in [2.05, 4.69) is 6.58 Å². The molecule has 6 heteroatoms. The minimum Gasteiger partial charge on any atom is -0.491 e. The molecule has 24 heavy (non-hydrogen) atoms. The van der Waals surface area contributed by atoms with Gasteiger partial charge in [0.1, 0.15) is 18.5 Å². The molecule has 0 fully saturated rings. The lowest BCUT2D eigenvalue weighted by atomic mass is 10.0. The summed E-state index contributed by atoms with van der Waals surface area (Å²) in [5.41, 5.74) is 1.12. The maximum absolute atomic E-state index is 12.0. The molecule has 0 amide bonds. The molecule has 1 N–H and O–H groups in total. The van der Waals surface area contributed by atoms with E-state index >= 15 is 0 Å². The number of Topliss-reactive ketones (excluding diaryl/α,β-unsaturated/α-hetero) is 1. The van der Waals surface area contributed by atoms with Gasteiger partial charge in [-0.05, 0) is 24.1 Å². The van der Waals surface area contributed by atoms with Gasteiger partial charge >= 0.3 is 5.97 Å². The summed E-state index contributed by atoms with van der Waals surface area (Å²) in [4.78, 5) is 23.3. The topological polar surface area (TPSA) is 82.1 Å². The van der Waals surface area contributed by atoms with Crippen LogP contribution in [0, 0.1) is 0 Å². The van der Waals surface area contributed by atoms with Gasteiger partial charge in [-0.1, -0.05) is 18.7 Å². The molecule has 1 rings (SSSR count). The largest absolute Gasteiger partial charge is 0.491 e. The van der Waals surface area contributed by atoms with E-state index in [1.54, 1.807) is 24.3 Å². The lowest BCUT2D eigenvalue weighted by Gasteiger charge is -2.18. The molecule has 0 saturated carbocycles. The van der Waals surface area contributed by atoms with Crippen LogP contribution in [0.2, 0.25) is 0 Å². The highest BCUT2D eigenvalue weighted by atomic mass is 16.5. The van der Waals surface area contributed by atoms with Crippen molar-refractivity contribution in [3.8, 4) is 5.75 Å². The van der Waals surface area contributed by atoms with Crippen molar-refractivity contribution in [2.45, 2.75) is 25.9 Å². The van der Waals surface area contributed by atoms with E-state index in [-0.39, 0.29) is 32.0 Å². The van der Waals surface area contributed by atoms with Crippen molar-refractivity contribution < 1.29 is 28.9 Å². The van der Waals surface area contributed by atoms with E-state index < -0.39 is 12.1 Å². The molecule has 1 aromatic carbocycles. The van der Waals surface area contributed by atoms with Gasteiger partial charge in [0.15, 0.2) is 5.78 Å². The summed E-state index contributed by atoms with van der Waals surface area (Å²) < 4.78 is 15.6. The van der Waals surface area contributed by atoms with E-state index in [1.165, 1.54) is 14.0 Å². The van der Waals surface area contributed by atoms with Crippen molar-refractivity contribution in [3.63, 3.8) is 0 Å². The van der Waals surface area contributed by atoms with Crippen LogP contribution in [0.3, 0.4) is 0 Å². The molecule has 1 aromatic rings. The molecule has 0 bridgehead atoms. The summed E-state index contributed by atoms with van der Waals surface area (Å²) in [5, 5.41) is 8.82. The van der Waals surface area contributed by atoms with E-state index in [0.29, 0.717) is 17.7 Å². The van der Waals surface area contributed by atoms with Crippen LogP contribution in [0.15, 0.2) is 36.4 Å². The Morgan fingerprint density at radius 3 is 2.71 bits per heavy atom. The molecule has 0 radical (unpaired) electrons. The van der Waals surface area contributed by atoms with Gasteiger partial charge in [0, 0.05) is 26.0 Å². The predicted octanol–water partition coefficient (Wildman–Crippen LogP) is 2.21. The van der Waals surface area contributed by atoms with Crippen molar-refractivity contribution in [2.24, 2.45) is 0 Å². The minimum absolute atomic E-state index is 0.0896. The molecule has 132 valence electrons. The fourth-order valence-corrected chi connectivity index (χ4v) is 2.16. The first-order chi connectivity index (χ1) is 11.5. The molecule has 0 unspecified atom stereocenters. The van der Waals surface area contributed by atoms with Gasteiger partial charge in [0.25, 0.3) is 0 Å². The second kappa shape index (κ2) is 10.6. The van der Waals surface area contributed by atoms with Crippen LogP contribution < -0.4 is 4.74 Å². The molecular formula is C18H24O6. The maximum Gasteiger partial charge on any atom is 0.303 e. The number of methoxy groups -OCH3 is 1. The van der Waals surface area contributed by atoms with Crippen LogP contribution in [-0.2, 0) is 19.1 Å². The summed E-state index contributed by atoms with van der Waals surface area (Å²) in [7, 11) is 1.50. The number of hydrogen-bond acceptors (Lipinski definition) is 6. The standard InChI is InChI=1S/C18H24O6/c1-13(12-22-3)17(21)7-8-18(24-14(2)20)15-5-4-6-16(11-15)23-10-9-19/h4-6,11,18-19H,1,7-10,12H2,2-3H3/t18-/m1/s1. The van der Waals surface area contributed by atoms with Gasteiger partial charge in [0.05, 0.1) is 13.2 Å². The highest BCUT2D eigenvalue weighted by Crippen LogP contribution is 2.27. The Hall–Kier alpha value is -2.18. The van der Waals surface area contributed by atoms with E-state index in [1.807, 2.05) is 0 Å². The first-order valence-corrected chi connectivity index (χ1v) is 7.68. The Kier molecular flexibility index (Phi) is 8.75. The molecule has 0 aliphatic heterocycles. The first-order valence-electron chi connectivity index (χ1n) is 7.68. The second-order valence-corrected chi connectivity index (χ2v) is 5.24. The molecule has 0 aliphatic rings. The van der Waals surface area contributed by atoms with Crippen LogP contribution in [0.1, 0.15) is 31.4 Å². The summed E-state index contributed by atoms with van der Waals surface area (Å²) in [5.74, 6) is 0.0142. The zero-order chi connectivity index (χ0) is 17.9. The molecule has 0 saturated heterocycles. The highest BCUT2D eigenvalue weighted by molar-refractivity contribution is 5.94. The second-order valence-electron chi connectivity index (χ2n) is 5.24. The molecule has 0 spiro atoms. The number of hydrogen-bond donors (Lipinski definition) is 1. The summed E-state index contributed by atoms with van der Waals surface area (Å²) in [6.07, 6.45) is -0.0219. The predicted molar refractivity (Wildman–Crippen MR) is 88.8 cm³/mol. The van der Waals surface area contributed by atoms with Gasteiger partial charge in [-0.15, -0.1) is 0 Å². The average molecular weight is 336 g/mol. The monoisotopic (exact) mass is 336 g/mol. The Labute approximate surface area is 142 Å².